The summed E-state index contributed by atoms with van der Waals surface area (Å²) in [5.41, 5.74) is 0. The van der Waals surface area contributed by atoms with Crippen LogP contribution in [-0.2, 0) is 9.53 Å². The third-order valence-electron chi connectivity index (χ3n) is 4.19. The summed E-state index contributed by atoms with van der Waals surface area (Å²) in [5.74, 6) is 0.667. The summed E-state index contributed by atoms with van der Waals surface area (Å²) >= 11 is 0. The van der Waals surface area contributed by atoms with Gasteiger partial charge in [0.2, 0.25) is 5.91 Å². The number of ether oxygens (including phenoxy) is 1. The Kier molecular flexibility index (Phi) is 9.68. The first-order valence-electron chi connectivity index (χ1n) is 8.91. The number of hydrogen-bond donors (Lipinski definition) is 1. The van der Waals surface area contributed by atoms with E-state index >= 15 is 0 Å². The largest absolute Gasteiger partial charge is 0.376 e. The van der Waals surface area contributed by atoms with Crippen molar-refractivity contribution in [3.05, 3.63) is 0 Å². The van der Waals surface area contributed by atoms with Crippen LogP contribution in [0.2, 0.25) is 0 Å². The first-order valence-corrected chi connectivity index (χ1v) is 8.91. The second kappa shape index (κ2) is 11.0. The van der Waals surface area contributed by atoms with Crippen molar-refractivity contribution in [3.63, 3.8) is 0 Å². The molecule has 130 valence electrons. The van der Waals surface area contributed by atoms with Gasteiger partial charge in [0.25, 0.3) is 0 Å². The normalized spacial score (nSPS) is 21.0. The highest BCUT2D eigenvalue weighted by Crippen LogP contribution is 2.15. The van der Waals surface area contributed by atoms with Crippen LogP contribution < -0.4 is 5.32 Å². The van der Waals surface area contributed by atoms with Gasteiger partial charge in [-0.1, -0.05) is 20.8 Å². The molecule has 22 heavy (non-hydrogen) atoms. The van der Waals surface area contributed by atoms with E-state index in [2.05, 4.69) is 35.9 Å². The number of hydrogen-bond acceptors (Lipinski definition) is 4. The monoisotopic (exact) mass is 313 g/mol. The minimum atomic E-state index is 0.125. The lowest BCUT2D eigenvalue weighted by Gasteiger charge is -2.34. The van der Waals surface area contributed by atoms with E-state index in [1.165, 1.54) is 13.0 Å². The number of likely N-dealkylation sites (N-methyl/N-ethyl adjacent to an activating group) is 2. The maximum atomic E-state index is 11.7. The number of nitrogens with one attached hydrogen (secondary N) is 1. The number of nitrogens with zero attached hydrogens (tertiary/aromatic N) is 2. The van der Waals surface area contributed by atoms with E-state index in [4.69, 9.17) is 4.74 Å². The molecule has 1 amide bonds. The highest BCUT2D eigenvalue weighted by Gasteiger charge is 2.22. The number of carbonyl (C=O) groups excluding carboxylic acids is 1. The van der Waals surface area contributed by atoms with Gasteiger partial charge in [-0.05, 0) is 38.8 Å². The molecule has 0 radical (unpaired) electrons. The minimum Gasteiger partial charge on any atom is -0.376 e. The SMILES string of the molecule is CCCN1CCOC(CC(C)CN(CC)CC(=O)NCC)C1. The fraction of sp³-hybridized carbons (Fsp3) is 0.941. The van der Waals surface area contributed by atoms with Crippen molar-refractivity contribution in [1.82, 2.24) is 15.1 Å². The zero-order valence-corrected chi connectivity index (χ0v) is 14.9. The van der Waals surface area contributed by atoms with Gasteiger partial charge in [0.1, 0.15) is 0 Å². The summed E-state index contributed by atoms with van der Waals surface area (Å²) in [6, 6.07) is 0. The van der Waals surface area contributed by atoms with Gasteiger partial charge in [-0.25, -0.2) is 0 Å². The molecule has 1 heterocycles. The van der Waals surface area contributed by atoms with E-state index in [9.17, 15) is 4.79 Å². The molecule has 0 bridgehead atoms. The van der Waals surface area contributed by atoms with Crippen LogP contribution in [0.1, 0.15) is 40.5 Å². The average Bonchev–Trinajstić information content (AvgIpc) is 2.47. The van der Waals surface area contributed by atoms with E-state index in [-0.39, 0.29) is 5.91 Å². The van der Waals surface area contributed by atoms with Crippen LogP contribution in [0.3, 0.4) is 0 Å². The predicted octanol–water partition coefficient (Wildman–Crippen LogP) is 1.58. The van der Waals surface area contributed by atoms with E-state index in [1.54, 1.807) is 0 Å². The molecule has 1 saturated heterocycles. The first-order chi connectivity index (χ1) is 10.6. The maximum Gasteiger partial charge on any atom is 0.234 e. The molecule has 0 aromatic rings. The maximum absolute atomic E-state index is 11.7. The van der Waals surface area contributed by atoms with Crippen LogP contribution in [0.4, 0.5) is 0 Å². The van der Waals surface area contributed by atoms with E-state index < -0.39 is 0 Å². The second-order valence-corrected chi connectivity index (χ2v) is 6.42. The molecule has 0 saturated carbocycles. The molecule has 1 fully saturated rings. The lowest BCUT2D eigenvalue weighted by atomic mass is 10.0. The van der Waals surface area contributed by atoms with Gasteiger partial charge in [0.15, 0.2) is 0 Å². The summed E-state index contributed by atoms with van der Waals surface area (Å²) in [7, 11) is 0. The highest BCUT2D eigenvalue weighted by molar-refractivity contribution is 5.77. The Morgan fingerprint density at radius 3 is 2.82 bits per heavy atom. The van der Waals surface area contributed by atoms with Gasteiger partial charge in [-0.15, -0.1) is 0 Å². The van der Waals surface area contributed by atoms with Crippen molar-refractivity contribution in [3.8, 4) is 0 Å². The van der Waals surface area contributed by atoms with E-state index in [0.717, 1.165) is 39.2 Å². The van der Waals surface area contributed by atoms with Crippen molar-refractivity contribution >= 4 is 5.91 Å². The van der Waals surface area contributed by atoms with Crippen LogP contribution in [0, 0.1) is 5.92 Å². The molecule has 1 rings (SSSR count). The molecule has 0 spiro atoms. The summed E-state index contributed by atoms with van der Waals surface area (Å²) in [4.78, 5) is 16.4. The molecule has 0 aromatic heterocycles. The Balaban J connectivity index is 2.33. The van der Waals surface area contributed by atoms with Crippen molar-refractivity contribution in [2.75, 3.05) is 52.4 Å². The lowest BCUT2D eigenvalue weighted by Crippen LogP contribution is -2.44. The summed E-state index contributed by atoms with van der Waals surface area (Å²) < 4.78 is 5.92. The van der Waals surface area contributed by atoms with Crippen LogP contribution in [0.5, 0.6) is 0 Å². The third kappa shape index (κ3) is 7.56. The van der Waals surface area contributed by atoms with Gasteiger partial charge in [-0.3, -0.25) is 14.6 Å². The number of carbonyl (C=O) groups is 1. The van der Waals surface area contributed by atoms with Gasteiger partial charge in [0.05, 0.1) is 19.3 Å². The van der Waals surface area contributed by atoms with Gasteiger partial charge >= 0.3 is 0 Å². The molecule has 0 aromatic carbocycles. The summed E-state index contributed by atoms with van der Waals surface area (Å²) in [5, 5.41) is 2.87. The zero-order chi connectivity index (χ0) is 16.4. The fourth-order valence-corrected chi connectivity index (χ4v) is 3.17. The second-order valence-electron chi connectivity index (χ2n) is 6.42. The Morgan fingerprint density at radius 2 is 2.18 bits per heavy atom. The Morgan fingerprint density at radius 1 is 1.41 bits per heavy atom. The summed E-state index contributed by atoms with van der Waals surface area (Å²) in [6.07, 6.45) is 2.63. The predicted molar refractivity (Wildman–Crippen MR) is 91.0 cm³/mol. The quantitative estimate of drug-likeness (QED) is 0.665. The van der Waals surface area contributed by atoms with Crippen LogP contribution in [-0.4, -0.2) is 74.2 Å². The minimum absolute atomic E-state index is 0.125. The van der Waals surface area contributed by atoms with E-state index in [1.807, 2.05) is 6.92 Å². The van der Waals surface area contributed by atoms with Crippen LogP contribution >= 0.6 is 0 Å². The molecule has 2 atom stereocenters. The van der Waals surface area contributed by atoms with Crippen molar-refractivity contribution < 1.29 is 9.53 Å². The highest BCUT2D eigenvalue weighted by atomic mass is 16.5. The fourth-order valence-electron chi connectivity index (χ4n) is 3.17. The Labute approximate surface area is 136 Å². The third-order valence-corrected chi connectivity index (χ3v) is 4.19. The van der Waals surface area contributed by atoms with Crippen molar-refractivity contribution in [1.29, 1.82) is 0 Å². The molecule has 1 aliphatic heterocycles. The van der Waals surface area contributed by atoms with Crippen LogP contribution in [0.15, 0.2) is 0 Å². The Hall–Kier alpha value is -0.650. The summed E-state index contributed by atoms with van der Waals surface area (Å²) in [6.45, 7) is 15.8. The van der Waals surface area contributed by atoms with Gasteiger partial charge in [0, 0.05) is 26.2 Å². The smallest absolute Gasteiger partial charge is 0.234 e. The molecular weight excluding hydrogens is 278 g/mol. The zero-order valence-electron chi connectivity index (χ0n) is 14.9. The van der Waals surface area contributed by atoms with E-state index in [0.29, 0.717) is 25.1 Å². The molecule has 0 aliphatic carbocycles. The molecule has 5 nitrogen and oxygen atoms in total. The first kappa shape index (κ1) is 19.4. The van der Waals surface area contributed by atoms with Crippen LogP contribution in [0.25, 0.3) is 0 Å². The molecular formula is C17H35N3O2. The molecule has 1 aliphatic rings. The number of morpholine rings is 1. The molecule has 2 unspecified atom stereocenters. The van der Waals surface area contributed by atoms with Gasteiger partial charge < -0.3 is 10.1 Å². The van der Waals surface area contributed by atoms with Crippen molar-refractivity contribution in [2.45, 2.75) is 46.6 Å². The lowest BCUT2D eigenvalue weighted by molar-refractivity contribution is -0.122. The number of amides is 1. The average molecular weight is 313 g/mol. The molecule has 1 N–H and O–H groups in total. The number of rotatable bonds is 10. The standard InChI is InChI=1S/C17H35N3O2/c1-5-8-20-9-10-22-16(13-20)11-15(4)12-19(7-3)14-17(21)18-6-2/h15-16H,5-14H2,1-4H3,(H,18,21). The van der Waals surface area contributed by atoms with Gasteiger partial charge in [-0.2, -0.15) is 0 Å². The topological polar surface area (TPSA) is 44.8 Å². The molecule has 5 heteroatoms. The van der Waals surface area contributed by atoms with Crippen molar-refractivity contribution in [2.24, 2.45) is 5.92 Å². The Bertz CT molecular complexity index is 310.